The molecule has 0 aromatic heterocycles. The summed E-state index contributed by atoms with van der Waals surface area (Å²) in [6, 6.07) is 14.2. The predicted molar refractivity (Wildman–Crippen MR) is 99.6 cm³/mol. The van der Waals surface area contributed by atoms with E-state index in [0.717, 1.165) is 18.4 Å². The zero-order valence-electron chi connectivity index (χ0n) is 14.5. The Bertz CT molecular complexity index is 950. The molecule has 0 bridgehead atoms. The van der Waals surface area contributed by atoms with Crippen LogP contribution in [0.3, 0.4) is 0 Å². The molecule has 2 aromatic carbocycles. The first kappa shape index (κ1) is 19.0. The summed E-state index contributed by atoms with van der Waals surface area (Å²) >= 11 is 0. The predicted octanol–water partition coefficient (Wildman–Crippen LogP) is 2.51. The normalized spacial score (nSPS) is 17.3. The quantitative estimate of drug-likeness (QED) is 0.816. The van der Waals surface area contributed by atoms with Crippen molar-refractivity contribution in [2.75, 3.05) is 13.1 Å². The third-order valence-corrected chi connectivity index (χ3v) is 7.94. The van der Waals surface area contributed by atoms with E-state index in [0.29, 0.717) is 13.1 Å². The van der Waals surface area contributed by atoms with Crippen molar-refractivity contribution in [3.05, 3.63) is 60.2 Å². The molecule has 2 aromatic rings. The molecule has 1 heterocycles. The molecule has 26 heavy (non-hydrogen) atoms. The van der Waals surface area contributed by atoms with Gasteiger partial charge in [0.25, 0.3) is 0 Å². The van der Waals surface area contributed by atoms with Crippen LogP contribution in [0.5, 0.6) is 0 Å². The van der Waals surface area contributed by atoms with Gasteiger partial charge in [0.2, 0.25) is 20.0 Å². The SMILES string of the molecule is C[C@H](NS(=O)(=O)c1ccc(S(=O)(=O)N2CCCC2)cc1)c1ccccc1. The van der Waals surface area contributed by atoms with E-state index in [1.165, 1.54) is 28.6 Å². The van der Waals surface area contributed by atoms with Crippen LogP contribution in [-0.4, -0.2) is 34.2 Å². The molecule has 1 aliphatic heterocycles. The van der Waals surface area contributed by atoms with Crippen LogP contribution in [0.25, 0.3) is 0 Å². The van der Waals surface area contributed by atoms with Gasteiger partial charge in [-0.25, -0.2) is 21.6 Å². The number of hydrogen-bond acceptors (Lipinski definition) is 4. The fourth-order valence-electron chi connectivity index (χ4n) is 2.98. The topological polar surface area (TPSA) is 83.5 Å². The summed E-state index contributed by atoms with van der Waals surface area (Å²) in [5.41, 5.74) is 0.851. The van der Waals surface area contributed by atoms with Gasteiger partial charge >= 0.3 is 0 Å². The highest BCUT2D eigenvalue weighted by Crippen LogP contribution is 2.23. The molecule has 8 heteroatoms. The van der Waals surface area contributed by atoms with Crippen LogP contribution in [0, 0.1) is 0 Å². The summed E-state index contributed by atoms with van der Waals surface area (Å²) in [6.07, 6.45) is 1.71. The molecular formula is C18H22N2O4S2. The molecule has 0 aliphatic carbocycles. The minimum Gasteiger partial charge on any atom is -0.207 e. The molecule has 1 N–H and O–H groups in total. The molecule has 6 nitrogen and oxygen atoms in total. The lowest BCUT2D eigenvalue weighted by atomic mass is 10.1. The van der Waals surface area contributed by atoms with Crippen molar-refractivity contribution in [3.8, 4) is 0 Å². The summed E-state index contributed by atoms with van der Waals surface area (Å²) in [5, 5.41) is 0. The lowest BCUT2D eigenvalue weighted by Gasteiger charge is -2.17. The Kier molecular flexibility index (Phi) is 5.47. The van der Waals surface area contributed by atoms with Gasteiger partial charge in [-0.2, -0.15) is 4.31 Å². The smallest absolute Gasteiger partial charge is 0.207 e. The van der Waals surface area contributed by atoms with Crippen LogP contribution in [0.2, 0.25) is 0 Å². The average Bonchev–Trinajstić information content (AvgIpc) is 3.18. The van der Waals surface area contributed by atoms with Crippen molar-refractivity contribution < 1.29 is 16.8 Å². The molecule has 3 rings (SSSR count). The van der Waals surface area contributed by atoms with Crippen LogP contribution in [0.4, 0.5) is 0 Å². The van der Waals surface area contributed by atoms with Crippen molar-refractivity contribution in [3.63, 3.8) is 0 Å². The molecule has 140 valence electrons. The molecule has 0 radical (unpaired) electrons. The second-order valence-electron chi connectivity index (χ2n) is 6.34. The lowest BCUT2D eigenvalue weighted by molar-refractivity contribution is 0.477. The van der Waals surface area contributed by atoms with E-state index in [4.69, 9.17) is 0 Å². The van der Waals surface area contributed by atoms with Gasteiger partial charge in [0.1, 0.15) is 0 Å². The van der Waals surface area contributed by atoms with Gasteiger partial charge in [-0.05, 0) is 49.6 Å². The first-order chi connectivity index (χ1) is 12.3. The number of nitrogens with one attached hydrogen (secondary N) is 1. The van der Waals surface area contributed by atoms with E-state index in [2.05, 4.69) is 4.72 Å². The van der Waals surface area contributed by atoms with Crippen LogP contribution in [0.15, 0.2) is 64.4 Å². The number of sulfonamides is 2. The van der Waals surface area contributed by atoms with Gasteiger partial charge < -0.3 is 0 Å². The number of rotatable bonds is 6. The van der Waals surface area contributed by atoms with Crippen LogP contribution in [-0.2, 0) is 20.0 Å². The van der Waals surface area contributed by atoms with Gasteiger partial charge in [0, 0.05) is 19.1 Å². The van der Waals surface area contributed by atoms with E-state index in [1.54, 1.807) is 6.92 Å². The standard InChI is InChI=1S/C18H22N2O4S2/c1-15(16-7-3-2-4-8-16)19-25(21,22)17-9-11-18(12-10-17)26(23,24)20-13-5-6-14-20/h2-4,7-12,15,19H,5-6,13-14H2,1H3/t15-/m0/s1. The van der Waals surface area contributed by atoms with Gasteiger partial charge in [-0.3, -0.25) is 0 Å². The highest BCUT2D eigenvalue weighted by atomic mass is 32.2. The molecule has 0 saturated carbocycles. The van der Waals surface area contributed by atoms with Crippen LogP contribution >= 0.6 is 0 Å². The lowest BCUT2D eigenvalue weighted by Crippen LogP contribution is -2.28. The second-order valence-corrected chi connectivity index (χ2v) is 9.99. The molecular weight excluding hydrogens is 372 g/mol. The zero-order chi connectivity index (χ0) is 18.8. The van der Waals surface area contributed by atoms with E-state index >= 15 is 0 Å². The Morgan fingerprint density at radius 1 is 0.846 bits per heavy atom. The minimum absolute atomic E-state index is 0.0423. The summed E-state index contributed by atoms with van der Waals surface area (Å²) in [6.45, 7) is 2.79. The average molecular weight is 395 g/mol. The van der Waals surface area contributed by atoms with Crippen molar-refractivity contribution in [2.24, 2.45) is 0 Å². The molecule has 0 unspecified atom stereocenters. The van der Waals surface area contributed by atoms with Gasteiger partial charge in [-0.1, -0.05) is 30.3 Å². The largest absolute Gasteiger partial charge is 0.243 e. The third kappa shape index (κ3) is 3.98. The fourth-order valence-corrected chi connectivity index (χ4v) is 5.73. The van der Waals surface area contributed by atoms with Gasteiger partial charge in [-0.15, -0.1) is 0 Å². The minimum atomic E-state index is -3.75. The Labute approximate surface area is 155 Å². The maximum atomic E-state index is 12.6. The van der Waals surface area contributed by atoms with E-state index in [1.807, 2.05) is 30.3 Å². The second kappa shape index (κ2) is 7.48. The molecule has 1 atom stereocenters. The highest BCUT2D eigenvalue weighted by Gasteiger charge is 2.27. The van der Waals surface area contributed by atoms with Gasteiger partial charge in [0.15, 0.2) is 0 Å². The van der Waals surface area contributed by atoms with E-state index in [9.17, 15) is 16.8 Å². The summed E-state index contributed by atoms with van der Waals surface area (Å²) in [7, 11) is -7.30. The van der Waals surface area contributed by atoms with Crippen molar-refractivity contribution >= 4 is 20.0 Å². The van der Waals surface area contributed by atoms with Crippen LogP contribution < -0.4 is 4.72 Å². The summed E-state index contributed by atoms with van der Waals surface area (Å²) in [4.78, 5) is 0.162. The van der Waals surface area contributed by atoms with Crippen LogP contribution in [0.1, 0.15) is 31.4 Å². The first-order valence-corrected chi connectivity index (χ1v) is 11.4. The summed E-state index contributed by atoms with van der Waals surface area (Å²) < 4.78 is 54.2. The highest BCUT2D eigenvalue weighted by molar-refractivity contribution is 7.89. The van der Waals surface area contributed by atoms with Crippen molar-refractivity contribution in [2.45, 2.75) is 35.6 Å². The molecule has 0 amide bonds. The molecule has 1 fully saturated rings. The van der Waals surface area contributed by atoms with Gasteiger partial charge in [0.05, 0.1) is 9.79 Å². The van der Waals surface area contributed by atoms with Crippen molar-refractivity contribution in [1.29, 1.82) is 0 Å². The Balaban J connectivity index is 1.79. The molecule has 0 spiro atoms. The van der Waals surface area contributed by atoms with Crippen molar-refractivity contribution in [1.82, 2.24) is 9.03 Å². The fraction of sp³-hybridized carbons (Fsp3) is 0.333. The number of hydrogen-bond donors (Lipinski definition) is 1. The molecule has 1 aliphatic rings. The first-order valence-electron chi connectivity index (χ1n) is 8.48. The number of benzene rings is 2. The summed E-state index contributed by atoms with van der Waals surface area (Å²) in [5.74, 6) is 0. The van der Waals surface area contributed by atoms with E-state index in [-0.39, 0.29) is 9.79 Å². The zero-order valence-corrected chi connectivity index (χ0v) is 16.1. The molecule has 1 saturated heterocycles. The third-order valence-electron chi connectivity index (χ3n) is 4.47. The monoisotopic (exact) mass is 394 g/mol. The maximum Gasteiger partial charge on any atom is 0.243 e. The van der Waals surface area contributed by atoms with E-state index < -0.39 is 26.1 Å². The Hall–Kier alpha value is -1.74. The number of nitrogens with zero attached hydrogens (tertiary/aromatic N) is 1. The maximum absolute atomic E-state index is 12.6. The Morgan fingerprint density at radius 3 is 1.96 bits per heavy atom. The Morgan fingerprint density at radius 2 is 1.38 bits per heavy atom.